The molecule has 0 aliphatic heterocycles. The van der Waals surface area contributed by atoms with Crippen molar-refractivity contribution in [1.29, 1.82) is 0 Å². The van der Waals surface area contributed by atoms with Gasteiger partial charge < -0.3 is 10.6 Å². The van der Waals surface area contributed by atoms with Crippen molar-refractivity contribution < 1.29 is 9.59 Å². The third kappa shape index (κ3) is 4.22. The Morgan fingerprint density at radius 2 is 1.32 bits per heavy atom. The minimum absolute atomic E-state index is 0.0625. The number of amides is 2. The van der Waals surface area contributed by atoms with E-state index in [4.69, 9.17) is 0 Å². The Kier molecular flexibility index (Phi) is 6.89. The lowest BCUT2D eigenvalue weighted by Crippen LogP contribution is -2.50. The molecule has 0 radical (unpaired) electrons. The molecule has 0 heterocycles. The molecular weight excluding hydrogens is 240 g/mol. The average Bonchev–Trinajstić information content (AvgIpc) is 2.89. The predicted octanol–water partition coefficient (Wildman–Crippen LogP) is 2.38. The highest BCUT2D eigenvalue weighted by molar-refractivity contribution is 6.05. The van der Waals surface area contributed by atoms with Crippen LogP contribution in [0.5, 0.6) is 0 Å². The summed E-state index contributed by atoms with van der Waals surface area (Å²) in [5.74, 6) is -0.125. The van der Waals surface area contributed by atoms with Crippen LogP contribution in [0, 0.1) is 5.41 Å². The summed E-state index contributed by atoms with van der Waals surface area (Å²) in [6, 6.07) is 0. The fraction of sp³-hybridized carbons (Fsp3) is 0.867. The molecule has 1 aliphatic rings. The summed E-state index contributed by atoms with van der Waals surface area (Å²) in [5, 5.41) is 5.88. The maximum atomic E-state index is 12.3. The van der Waals surface area contributed by atoms with Gasteiger partial charge in [0.1, 0.15) is 5.41 Å². The van der Waals surface area contributed by atoms with Gasteiger partial charge in [0.15, 0.2) is 0 Å². The molecule has 2 N–H and O–H groups in total. The van der Waals surface area contributed by atoms with E-state index in [2.05, 4.69) is 24.5 Å². The van der Waals surface area contributed by atoms with E-state index in [1.165, 1.54) is 0 Å². The summed E-state index contributed by atoms with van der Waals surface area (Å²) in [5.41, 5.74) is -0.790. The number of carbonyl (C=O) groups is 2. The molecule has 4 heteroatoms. The van der Waals surface area contributed by atoms with Crippen LogP contribution < -0.4 is 10.6 Å². The number of carbonyl (C=O) groups excluding carboxylic acids is 2. The molecule has 110 valence electrons. The highest BCUT2D eigenvalue weighted by Crippen LogP contribution is 2.38. The quantitative estimate of drug-likeness (QED) is 0.524. The summed E-state index contributed by atoms with van der Waals surface area (Å²) in [4.78, 5) is 24.7. The largest absolute Gasteiger partial charge is 0.355 e. The zero-order valence-corrected chi connectivity index (χ0v) is 12.4. The van der Waals surface area contributed by atoms with Crippen molar-refractivity contribution in [2.24, 2.45) is 5.41 Å². The standard InChI is InChI=1S/C15H28N2O2/c1-3-5-11-16-13(18)15(9-7-8-10-15)14(19)17-12-6-4-2/h3-12H2,1-2H3,(H,16,18)(H,17,19). The van der Waals surface area contributed by atoms with Crippen LogP contribution in [0.15, 0.2) is 0 Å². The first-order valence-electron chi connectivity index (χ1n) is 7.74. The highest BCUT2D eigenvalue weighted by Gasteiger charge is 2.47. The van der Waals surface area contributed by atoms with E-state index in [1.54, 1.807) is 0 Å². The van der Waals surface area contributed by atoms with Gasteiger partial charge >= 0.3 is 0 Å². The Hall–Kier alpha value is -1.06. The lowest BCUT2D eigenvalue weighted by atomic mass is 9.84. The molecule has 0 spiro atoms. The SMILES string of the molecule is CCCCNC(=O)C1(C(=O)NCCCC)CCCC1. The zero-order valence-electron chi connectivity index (χ0n) is 12.4. The number of unbranched alkanes of at least 4 members (excludes halogenated alkanes) is 2. The fourth-order valence-electron chi connectivity index (χ4n) is 2.63. The highest BCUT2D eigenvalue weighted by atomic mass is 16.2. The van der Waals surface area contributed by atoms with Gasteiger partial charge in [-0.15, -0.1) is 0 Å². The van der Waals surface area contributed by atoms with Crippen molar-refractivity contribution in [3.05, 3.63) is 0 Å². The van der Waals surface area contributed by atoms with Crippen LogP contribution in [0.1, 0.15) is 65.2 Å². The molecule has 1 rings (SSSR count). The molecule has 2 amide bonds. The molecule has 0 aromatic heterocycles. The maximum Gasteiger partial charge on any atom is 0.235 e. The van der Waals surface area contributed by atoms with E-state index in [0.717, 1.165) is 38.5 Å². The van der Waals surface area contributed by atoms with Crippen LogP contribution in [-0.2, 0) is 9.59 Å². The lowest BCUT2D eigenvalue weighted by molar-refractivity contribution is -0.143. The van der Waals surface area contributed by atoms with E-state index in [9.17, 15) is 9.59 Å². The predicted molar refractivity (Wildman–Crippen MR) is 76.7 cm³/mol. The first-order valence-corrected chi connectivity index (χ1v) is 7.74. The Morgan fingerprint density at radius 3 is 1.68 bits per heavy atom. The maximum absolute atomic E-state index is 12.3. The Balaban J connectivity index is 2.57. The number of rotatable bonds is 8. The van der Waals surface area contributed by atoms with Crippen LogP contribution in [0.25, 0.3) is 0 Å². The summed E-state index contributed by atoms with van der Waals surface area (Å²) in [7, 11) is 0. The molecule has 0 bridgehead atoms. The molecule has 4 nitrogen and oxygen atoms in total. The molecule has 0 saturated heterocycles. The van der Waals surface area contributed by atoms with Crippen LogP contribution in [0.3, 0.4) is 0 Å². The fourth-order valence-corrected chi connectivity index (χ4v) is 2.63. The minimum Gasteiger partial charge on any atom is -0.355 e. The molecule has 0 aromatic carbocycles. The topological polar surface area (TPSA) is 58.2 Å². The Morgan fingerprint density at radius 1 is 0.895 bits per heavy atom. The second kappa shape index (κ2) is 8.18. The lowest BCUT2D eigenvalue weighted by Gasteiger charge is -2.26. The molecule has 0 unspecified atom stereocenters. The third-order valence-electron chi connectivity index (χ3n) is 3.96. The van der Waals surface area contributed by atoms with Crippen molar-refractivity contribution in [3.63, 3.8) is 0 Å². The zero-order chi connectivity index (χ0) is 14.1. The van der Waals surface area contributed by atoms with Gasteiger partial charge in [-0.25, -0.2) is 0 Å². The minimum atomic E-state index is -0.790. The number of hydrogen-bond acceptors (Lipinski definition) is 2. The molecular formula is C15H28N2O2. The first-order chi connectivity index (χ1) is 9.17. The Bertz CT molecular complexity index is 273. The smallest absolute Gasteiger partial charge is 0.235 e. The summed E-state index contributed by atoms with van der Waals surface area (Å²) >= 11 is 0. The van der Waals surface area contributed by atoms with Gasteiger partial charge in [0.05, 0.1) is 0 Å². The van der Waals surface area contributed by atoms with Gasteiger partial charge in [0, 0.05) is 13.1 Å². The van der Waals surface area contributed by atoms with Crippen molar-refractivity contribution in [3.8, 4) is 0 Å². The van der Waals surface area contributed by atoms with Gasteiger partial charge in [-0.2, -0.15) is 0 Å². The molecule has 19 heavy (non-hydrogen) atoms. The van der Waals surface area contributed by atoms with Gasteiger partial charge in [-0.1, -0.05) is 39.5 Å². The second-order valence-electron chi connectivity index (χ2n) is 5.51. The monoisotopic (exact) mass is 268 g/mol. The molecule has 0 aromatic rings. The summed E-state index contributed by atoms with van der Waals surface area (Å²) in [6.45, 7) is 5.54. The van der Waals surface area contributed by atoms with Crippen molar-refractivity contribution in [2.45, 2.75) is 65.2 Å². The number of nitrogens with one attached hydrogen (secondary N) is 2. The molecule has 0 atom stereocenters. The third-order valence-corrected chi connectivity index (χ3v) is 3.96. The molecule has 1 fully saturated rings. The summed E-state index contributed by atoms with van der Waals surface area (Å²) in [6.07, 6.45) is 7.39. The average molecular weight is 268 g/mol. The van der Waals surface area contributed by atoms with Crippen LogP contribution >= 0.6 is 0 Å². The molecule has 1 aliphatic carbocycles. The van der Waals surface area contributed by atoms with E-state index in [0.29, 0.717) is 25.9 Å². The van der Waals surface area contributed by atoms with Crippen LogP contribution in [-0.4, -0.2) is 24.9 Å². The van der Waals surface area contributed by atoms with Gasteiger partial charge in [-0.3, -0.25) is 9.59 Å². The van der Waals surface area contributed by atoms with Crippen LogP contribution in [0.2, 0.25) is 0 Å². The molecule has 1 saturated carbocycles. The van der Waals surface area contributed by atoms with Crippen LogP contribution in [0.4, 0.5) is 0 Å². The summed E-state index contributed by atoms with van der Waals surface area (Å²) < 4.78 is 0. The normalized spacial score (nSPS) is 17.2. The van der Waals surface area contributed by atoms with Crippen molar-refractivity contribution in [2.75, 3.05) is 13.1 Å². The van der Waals surface area contributed by atoms with Crippen molar-refractivity contribution in [1.82, 2.24) is 10.6 Å². The van der Waals surface area contributed by atoms with E-state index in [1.807, 2.05) is 0 Å². The van der Waals surface area contributed by atoms with Gasteiger partial charge in [-0.05, 0) is 25.7 Å². The second-order valence-corrected chi connectivity index (χ2v) is 5.51. The number of hydrogen-bond donors (Lipinski definition) is 2. The van der Waals surface area contributed by atoms with Gasteiger partial charge in [0.2, 0.25) is 11.8 Å². The van der Waals surface area contributed by atoms with E-state index in [-0.39, 0.29) is 11.8 Å². The van der Waals surface area contributed by atoms with Crippen molar-refractivity contribution >= 4 is 11.8 Å². The van der Waals surface area contributed by atoms with E-state index < -0.39 is 5.41 Å². The Labute approximate surface area is 116 Å². The van der Waals surface area contributed by atoms with E-state index >= 15 is 0 Å². The van der Waals surface area contributed by atoms with Gasteiger partial charge in [0.25, 0.3) is 0 Å². The first kappa shape index (κ1) is 16.0.